The topological polar surface area (TPSA) is 9.23 Å². The molecule has 0 spiro atoms. The second-order valence-corrected chi connectivity index (χ2v) is 7.51. The van der Waals surface area contributed by atoms with Crippen LogP contribution in [-0.2, 0) is 6.42 Å². The van der Waals surface area contributed by atoms with Crippen LogP contribution in [0, 0.1) is 27.1 Å². The summed E-state index contributed by atoms with van der Waals surface area (Å²) in [5.41, 5.74) is 0.572. The van der Waals surface area contributed by atoms with Crippen molar-refractivity contribution in [2.75, 3.05) is 0 Å². The summed E-state index contributed by atoms with van der Waals surface area (Å²) in [6.45, 7) is 2.17. The predicted octanol–water partition coefficient (Wildman–Crippen LogP) is 5.40. The van der Waals surface area contributed by atoms with E-state index in [0.29, 0.717) is 15.1 Å². The lowest BCUT2D eigenvalue weighted by Crippen LogP contribution is -2.44. The average molecular weight is 410 g/mol. The molecular formula is C16H18F3IO. The third kappa shape index (κ3) is 2.90. The molecule has 0 radical (unpaired) electrons. The Labute approximate surface area is 136 Å². The molecule has 0 saturated heterocycles. The molecular weight excluding hydrogens is 392 g/mol. The highest BCUT2D eigenvalue weighted by atomic mass is 127. The second kappa shape index (κ2) is 5.63. The van der Waals surface area contributed by atoms with Crippen molar-refractivity contribution < 1.29 is 17.9 Å². The van der Waals surface area contributed by atoms with Crippen LogP contribution in [0.5, 0.6) is 5.75 Å². The molecule has 21 heavy (non-hydrogen) atoms. The minimum absolute atomic E-state index is 0.0355. The van der Waals surface area contributed by atoms with E-state index in [2.05, 4.69) is 6.92 Å². The number of fused-ring (bicyclic) bond motifs is 1. The van der Waals surface area contributed by atoms with E-state index in [9.17, 15) is 13.2 Å². The van der Waals surface area contributed by atoms with Gasteiger partial charge in [0.05, 0.1) is 9.49 Å². The molecule has 1 heterocycles. The molecule has 0 aromatic heterocycles. The molecule has 1 aliphatic heterocycles. The van der Waals surface area contributed by atoms with Gasteiger partial charge in [0.2, 0.25) is 0 Å². The van der Waals surface area contributed by atoms with Crippen molar-refractivity contribution in [2.24, 2.45) is 17.8 Å². The van der Waals surface area contributed by atoms with Gasteiger partial charge in [-0.2, -0.15) is 8.78 Å². The zero-order valence-electron chi connectivity index (χ0n) is 11.8. The van der Waals surface area contributed by atoms with E-state index in [0.717, 1.165) is 25.7 Å². The molecule has 116 valence electrons. The third-order valence-electron chi connectivity index (χ3n) is 4.87. The standard InChI is InChI=1S/C16H18F3IO/c1-9-2-4-10(5-3-9)12-8-11-6-7-13(20)14(17)15(11)21-16(12,18)19/h6-7,9-10,12H,2-5,8H2,1H3. The molecule has 2 aliphatic rings. The number of ether oxygens (including phenoxy) is 1. The molecule has 0 N–H and O–H groups in total. The van der Waals surface area contributed by atoms with E-state index < -0.39 is 17.8 Å². The number of hydrogen-bond donors (Lipinski definition) is 0. The van der Waals surface area contributed by atoms with E-state index in [4.69, 9.17) is 4.74 Å². The zero-order valence-corrected chi connectivity index (χ0v) is 14.0. The van der Waals surface area contributed by atoms with Crippen molar-refractivity contribution in [1.82, 2.24) is 0 Å². The number of hydrogen-bond acceptors (Lipinski definition) is 1. The minimum atomic E-state index is -3.27. The van der Waals surface area contributed by atoms with Gasteiger partial charge in [0, 0.05) is 0 Å². The molecule has 0 amide bonds. The summed E-state index contributed by atoms with van der Waals surface area (Å²) < 4.78 is 47.8. The third-order valence-corrected chi connectivity index (χ3v) is 5.70. The van der Waals surface area contributed by atoms with Gasteiger partial charge in [0.25, 0.3) is 0 Å². The summed E-state index contributed by atoms with van der Waals surface area (Å²) in [6, 6.07) is 3.34. The van der Waals surface area contributed by atoms with Crippen molar-refractivity contribution in [3.8, 4) is 5.75 Å². The first kappa shape index (κ1) is 15.4. The van der Waals surface area contributed by atoms with Gasteiger partial charge in [0.1, 0.15) is 0 Å². The van der Waals surface area contributed by atoms with Crippen LogP contribution in [0.3, 0.4) is 0 Å². The minimum Gasteiger partial charge on any atom is -0.429 e. The van der Waals surface area contributed by atoms with Gasteiger partial charge >= 0.3 is 6.11 Å². The van der Waals surface area contributed by atoms with Crippen LogP contribution >= 0.6 is 22.6 Å². The fraction of sp³-hybridized carbons (Fsp3) is 0.625. The van der Waals surface area contributed by atoms with Crippen LogP contribution in [0.1, 0.15) is 38.2 Å². The maximum atomic E-state index is 14.3. The van der Waals surface area contributed by atoms with Gasteiger partial charge in [-0.1, -0.05) is 25.8 Å². The van der Waals surface area contributed by atoms with Gasteiger partial charge in [-0.15, -0.1) is 0 Å². The van der Waals surface area contributed by atoms with Crippen LogP contribution in [0.4, 0.5) is 13.2 Å². The van der Waals surface area contributed by atoms with Crippen molar-refractivity contribution in [1.29, 1.82) is 0 Å². The van der Waals surface area contributed by atoms with Crippen molar-refractivity contribution in [2.45, 2.75) is 45.1 Å². The molecule has 3 rings (SSSR count). The van der Waals surface area contributed by atoms with Crippen molar-refractivity contribution in [3.63, 3.8) is 0 Å². The molecule has 1 atom stereocenters. The van der Waals surface area contributed by atoms with Crippen LogP contribution in [-0.4, -0.2) is 6.11 Å². The normalized spacial score (nSPS) is 31.4. The highest BCUT2D eigenvalue weighted by molar-refractivity contribution is 14.1. The first-order valence-corrected chi connectivity index (χ1v) is 8.50. The number of rotatable bonds is 1. The maximum Gasteiger partial charge on any atom is 0.401 e. The van der Waals surface area contributed by atoms with E-state index >= 15 is 0 Å². The predicted molar refractivity (Wildman–Crippen MR) is 83.0 cm³/mol. The Morgan fingerprint density at radius 1 is 1.19 bits per heavy atom. The summed E-state index contributed by atoms with van der Waals surface area (Å²) in [7, 11) is 0. The van der Waals surface area contributed by atoms with Crippen LogP contribution < -0.4 is 4.74 Å². The number of halogens is 4. The maximum absolute atomic E-state index is 14.3. The van der Waals surface area contributed by atoms with Crippen molar-refractivity contribution >= 4 is 22.6 Å². The zero-order chi connectivity index (χ0) is 15.2. The van der Waals surface area contributed by atoms with Gasteiger partial charge in [-0.05, 0) is 65.3 Å². The lowest BCUT2D eigenvalue weighted by atomic mass is 9.73. The van der Waals surface area contributed by atoms with Crippen LogP contribution in [0.15, 0.2) is 12.1 Å². The molecule has 1 unspecified atom stereocenters. The highest BCUT2D eigenvalue weighted by Crippen LogP contribution is 2.48. The number of alkyl halides is 2. The van der Waals surface area contributed by atoms with Gasteiger partial charge < -0.3 is 4.74 Å². The molecule has 1 nitrogen and oxygen atoms in total. The fourth-order valence-corrected chi connectivity index (χ4v) is 3.96. The van der Waals surface area contributed by atoms with Crippen LogP contribution in [0.2, 0.25) is 0 Å². The average Bonchev–Trinajstić information content (AvgIpc) is 2.44. The Hall–Kier alpha value is -0.460. The van der Waals surface area contributed by atoms with Gasteiger partial charge in [-0.3, -0.25) is 0 Å². The SMILES string of the molecule is CC1CCC(C2Cc3ccc(I)c(F)c3OC2(F)F)CC1. The second-order valence-electron chi connectivity index (χ2n) is 6.34. The smallest absolute Gasteiger partial charge is 0.401 e. The number of benzene rings is 1. The molecule has 0 bridgehead atoms. The molecule has 1 aliphatic carbocycles. The summed E-state index contributed by atoms with van der Waals surface area (Å²) in [5, 5.41) is 0. The Morgan fingerprint density at radius 3 is 2.52 bits per heavy atom. The highest BCUT2D eigenvalue weighted by Gasteiger charge is 2.51. The monoisotopic (exact) mass is 410 g/mol. The first-order chi connectivity index (χ1) is 9.88. The Balaban J connectivity index is 1.88. The van der Waals surface area contributed by atoms with E-state index in [-0.39, 0.29) is 18.1 Å². The molecule has 1 aromatic carbocycles. The van der Waals surface area contributed by atoms with E-state index in [1.54, 1.807) is 34.7 Å². The van der Waals surface area contributed by atoms with E-state index in [1.807, 2.05) is 0 Å². The van der Waals surface area contributed by atoms with E-state index in [1.165, 1.54) is 0 Å². The summed E-state index contributed by atoms with van der Waals surface area (Å²) in [5.74, 6) is -1.18. The lowest BCUT2D eigenvalue weighted by molar-refractivity contribution is -0.239. The molecule has 1 saturated carbocycles. The summed E-state index contributed by atoms with van der Waals surface area (Å²) in [4.78, 5) is 0. The first-order valence-electron chi connectivity index (χ1n) is 7.42. The van der Waals surface area contributed by atoms with Gasteiger partial charge in [-0.25, -0.2) is 4.39 Å². The molecule has 1 aromatic rings. The largest absolute Gasteiger partial charge is 0.429 e. The molecule has 1 fully saturated rings. The lowest BCUT2D eigenvalue weighted by Gasteiger charge is -2.40. The Bertz CT molecular complexity index is 539. The quantitative estimate of drug-likeness (QED) is 0.564. The fourth-order valence-electron chi connectivity index (χ4n) is 3.54. The Kier molecular flexibility index (Phi) is 4.14. The van der Waals surface area contributed by atoms with Crippen molar-refractivity contribution in [3.05, 3.63) is 27.1 Å². The summed E-state index contributed by atoms with van der Waals surface area (Å²) >= 11 is 1.79. The Morgan fingerprint density at radius 2 is 1.86 bits per heavy atom. The van der Waals surface area contributed by atoms with Crippen LogP contribution in [0.25, 0.3) is 0 Å². The summed E-state index contributed by atoms with van der Waals surface area (Å²) in [6.07, 6.45) is 0.537. The molecule has 5 heteroatoms. The van der Waals surface area contributed by atoms with Gasteiger partial charge in [0.15, 0.2) is 11.6 Å².